The number of nitrogens with one attached hydrogen (secondary N) is 1. The van der Waals surface area contributed by atoms with Crippen molar-refractivity contribution < 1.29 is 26.7 Å². The summed E-state index contributed by atoms with van der Waals surface area (Å²) in [5.41, 5.74) is -0.154. The van der Waals surface area contributed by atoms with Gasteiger partial charge in [0.1, 0.15) is 23.6 Å². The molecule has 4 rings (SSSR count). The predicted molar refractivity (Wildman–Crippen MR) is 100 cm³/mol. The summed E-state index contributed by atoms with van der Waals surface area (Å²) in [6, 6.07) is 7.86. The van der Waals surface area contributed by atoms with Crippen LogP contribution in [0.2, 0.25) is 0 Å². The fourth-order valence-corrected chi connectivity index (χ4v) is 4.35. The third-order valence-corrected chi connectivity index (χ3v) is 6.05. The van der Waals surface area contributed by atoms with E-state index in [0.29, 0.717) is 5.69 Å². The Morgan fingerprint density at radius 1 is 1.27 bits per heavy atom. The number of nitrogens with zero attached hydrogens (tertiary/aromatic N) is 4. The minimum atomic E-state index is -4.15. The number of carbonyl (C=O) groups excluding carboxylic acids is 1. The van der Waals surface area contributed by atoms with Crippen molar-refractivity contribution >= 4 is 27.5 Å². The minimum Gasteiger partial charge on any atom is -0.453 e. The number of carbonyl (C=O) groups is 1. The second-order valence-electron chi connectivity index (χ2n) is 6.55. The van der Waals surface area contributed by atoms with Gasteiger partial charge in [-0.25, -0.2) is 8.78 Å². The van der Waals surface area contributed by atoms with Crippen molar-refractivity contribution in [3.63, 3.8) is 0 Å². The Bertz CT molecular complexity index is 1230. The molecule has 0 unspecified atom stereocenters. The summed E-state index contributed by atoms with van der Waals surface area (Å²) in [4.78, 5) is 11.7. The van der Waals surface area contributed by atoms with Crippen molar-refractivity contribution in [2.24, 2.45) is 10.2 Å². The fraction of sp³-hybridized carbons (Fsp3) is 0.222. The van der Waals surface area contributed by atoms with Crippen molar-refractivity contribution in [1.82, 2.24) is 4.31 Å². The average Bonchev–Trinajstić information content (AvgIpc) is 3.31. The maximum absolute atomic E-state index is 14.4. The number of azo groups is 1. The number of anilines is 1. The van der Waals surface area contributed by atoms with Crippen LogP contribution in [-0.4, -0.2) is 37.9 Å². The first kappa shape index (κ1) is 19.9. The number of hydrogen-bond acceptors (Lipinski definition) is 6. The summed E-state index contributed by atoms with van der Waals surface area (Å²) in [5, 5.41) is 16.6. The molecule has 0 aliphatic carbocycles. The normalized spacial score (nSPS) is 18.3. The lowest BCUT2D eigenvalue weighted by atomic mass is 10.1. The van der Waals surface area contributed by atoms with E-state index in [-0.39, 0.29) is 36.5 Å². The number of alkyl halides is 1. The molecule has 1 fully saturated rings. The van der Waals surface area contributed by atoms with Gasteiger partial charge in [0.15, 0.2) is 11.6 Å². The highest BCUT2D eigenvalue weighted by Gasteiger charge is 2.32. The minimum absolute atomic E-state index is 0.0117. The molecule has 1 saturated heterocycles. The molecule has 0 aromatic heterocycles. The van der Waals surface area contributed by atoms with Gasteiger partial charge >= 0.3 is 10.2 Å². The Morgan fingerprint density at radius 2 is 2.07 bits per heavy atom. The van der Waals surface area contributed by atoms with Crippen LogP contribution >= 0.6 is 0 Å². The van der Waals surface area contributed by atoms with Gasteiger partial charge in [-0.3, -0.25) is 9.52 Å². The zero-order valence-corrected chi connectivity index (χ0v) is 16.0. The van der Waals surface area contributed by atoms with E-state index in [1.54, 1.807) is 6.07 Å². The smallest absolute Gasteiger partial charge is 0.301 e. The van der Waals surface area contributed by atoms with Crippen molar-refractivity contribution in [1.29, 1.82) is 5.26 Å². The first-order valence-corrected chi connectivity index (χ1v) is 10.1. The van der Waals surface area contributed by atoms with E-state index in [2.05, 4.69) is 15.0 Å². The summed E-state index contributed by atoms with van der Waals surface area (Å²) in [6.45, 7) is -0.316. The van der Waals surface area contributed by atoms with E-state index < -0.39 is 39.4 Å². The maximum atomic E-state index is 14.4. The van der Waals surface area contributed by atoms with Crippen LogP contribution in [0.1, 0.15) is 22.3 Å². The Labute approximate surface area is 169 Å². The van der Waals surface area contributed by atoms with Gasteiger partial charge in [-0.05, 0) is 36.8 Å². The SMILES string of the molecule is N#Cc1c(NS(=O)(=O)N2CC[C@H](F)C2)ccc(F)c1Oc1ccc2c(c1)C(=O)N=N2. The van der Waals surface area contributed by atoms with E-state index in [1.807, 2.05) is 0 Å². The van der Waals surface area contributed by atoms with Crippen molar-refractivity contribution in [3.05, 3.63) is 47.3 Å². The van der Waals surface area contributed by atoms with E-state index >= 15 is 0 Å². The van der Waals surface area contributed by atoms with E-state index in [0.717, 1.165) is 16.4 Å². The van der Waals surface area contributed by atoms with Crippen molar-refractivity contribution in [2.45, 2.75) is 12.6 Å². The monoisotopic (exact) mass is 433 g/mol. The first-order valence-electron chi connectivity index (χ1n) is 8.71. The molecule has 1 atom stereocenters. The van der Waals surface area contributed by atoms with Crippen molar-refractivity contribution in [2.75, 3.05) is 17.8 Å². The predicted octanol–water partition coefficient (Wildman–Crippen LogP) is 3.43. The Balaban J connectivity index is 1.66. The Morgan fingerprint density at radius 3 is 2.77 bits per heavy atom. The molecule has 30 heavy (non-hydrogen) atoms. The van der Waals surface area contributed by atoms with Gasteiger partial charge in [-0.1, -0.05) is 0 Å². The highest BCUT2D eigenvalue weighted by atomic mass is 32.2. The van der Waals surface area contributed by atoms with E-state index in [1.165, 1.54) is 18.2 Å². The number of rotatable bonds is 5. The lowest BCUT2D eigenvalue weighted by molar-refractivity contribution is 0.100. The molecule has 0 radical (unpaired) electrons. The van der Waals surface area contributed by atoms with Crippen LogP contribution in [0.4, 0.5) is 20.2 Å². The standard InChI is InChI=1S/C18H13F2N5O4S/c19-10-5-6-25(9-10)30(27,28)24-16-4-2-14(20)17(13(16)8-21)29-11-1-3-15-12(7-11)18(26)23-22-15/h1-4,7,10,24H,5-6,9H2/t10-/m0/s1. The molecule has 2 aromatic carbocycles. The second-order valence-corrected chi connectivity index (χ2v) is 8.22. The molecule has 2 heterocycles. The molecule has 12 heteroatoms. The van der Waals surface area contributed by atoms with Crippen molar-refractivity contribution in [3.8, 4) is 17.6 Å². The van der Waals surface area contributed by atoms with Gasteiger partial charge in [0.25, 0.3) is 5.91 Å². The third-order valence-electron chi connectivity index (χ3n) is 4.56. The topological polar surface area (TPSA) is 124 Å². The molecule has 1 amide bonds. The first-order chi connectivity index (χ1) is 14.3. The van der Waals surface area contributed by atoms with E-state index in [4.69, 9.17) is 4.74 Å². The third kappa shape index (κ3) is 3.60. The molecule has 2 aliphatic heterocycles. The maximum Gasteiger partial charge on any atom is 0.301 e. The summed E-state index contributed by atoms with van der Waals surface area (Å²) >= 11 is 0. The van der Waals surface area contributed by atoms with Crippen LogP contribution in [0, 0.1) is 17.1 Å². The molecule has 2 aromatic rings. The molecular formula is C18H13F2N5O4S. The molecule has 0 saturated carbocycles. The van der Waals surface area contributed by atoms with Crippen LogP contribution in [0.25, 0.3) is 0 Å². The molecular weight excluding hydrogens is 420 g/mol. The second kappa shape index (κ2) is 7.43. The molecule has 0 spiro atoms. The Hall–Kier alpha value is -3.43. The van der Waals surface area contributed by atoms with Gasteiger partial charge in [0.2, 0.25) is 0 Å². The molecule has 0 bridgehead atoms. The summed E-state index contributed by atoms with van der Waals surface area (Å²) in [7, 11) is -4.15. The highest BCUT2D eigenvalue weighted by molar-refractivity contribution is 7.90. The molecule has 2 aliphatic rings. The lowest BCUT2D eigenvalue weighted by Gasteiger charge is -2.18. The number of hydrogen-bond donors (Lipinski definition) is 1. The van der Waals surface area contributed by atoms with Gasteiger partial charge in [-0.15, -0.1) is 10.2 Å². The highest BCUT2D eigenvalue weighted by Crippen LogP contribution is 2.36. The van der Waals surface area contributed by atoms with Crippen LogP contribution in [0.3, 0.4) is 0 Å². The molecule has 1 N–H and O–H groups in total. The number of benzene rings is 2. The van der Waals surface area contributed by atoms with Gasteiger partial charge in [-0.2, -0.15) is 18.0 Å². The van der Waals surface area contributed by atoms with E-state index in [9.17, 15) is 27.3 Å². The molecule has 9 nitrogen and oxygen atoms in total. The summed E-state index contributed by atoms with van der Waals surface area (Å²) < 4.78 is 61.3. The number of nitriles is 1. The quantitative estimate of drug-likeness (QED) is 0.774. The van der Waals surface area contributed by atoms with Crippen LogP contribution in [-0.2, 0) is 10.2 Å². The zero-order chi connectivity index (χ0) is 21.5. The van der Waals surface area contributed by atoms with Crippen LogP contribution < -0.4 is 9.46 Å². The van der Waals surface area contributed by atoms with Gasteiger partial charge < -0.3 is 4.74 Å². The average molecular weight is 433 g/mol. The number of ether oxygens (including phenoxy) is 1. The van der Waals surface area contributed by atoms with Crippen LogP contribution in [0.5, 0.6) is 11.5 Å². The zero-order valence-electron chi connectivity index (χ0n) is 15.2. The summed E-state index contributed by atoms with van der Waals surface area (Å²) in [5.74, 6) is -2.00. The summed E-state index contributed by atoms with van der Waals surface area (Å²) in [6.07, 6.45) is -1.20. The van der Waals surface area contributed by atoms with Gasteiger partial charge in [0, 0.05) is 13.1 Å². The number of halogens is 2. The Kier molecular flexibility index (Phi) is 4.92. The number of amides is 1. The van der Waals surface area contributed by atoms with Crippen LogP contribution in [0.15, 0.2) is 40.6 Å². The molecule has 154 valence electrons. The van der Waals surface area contributed by atoms with Gasteiger partial charge in [0.05, 0.1) is 16.9 Å². The number of fused-ring (bicyclic) bond motifs is 1. The fourth-order valence-electron chi connectivity index (χ4n) is 3.07. The lowest BCUT2D eigenvalue weighted by Crippen LogP contribution is -2.34. The largest absolute Gasteiger partial charge is 0.453 e.